The predicted octanol–water partition coefficient (Wildman–Crippen LogP) is 3.20. The van der Waals surface area contributed by atoms with E-state index in [2.05, 4.69) is 5.32 Å². The van der Waals surface area contributed by atoms with Gasteiger partial charge in [0.05, 0.1) is 10.9 Å². The number of halogens is 2. The number of likely N-dealkylation sites (tertiary alicyclic amines) is 1. The van der Waals surface area contributed by atoms with Crippen LogP contribution in [0.4, 0.5) is 10.1 Å². The molecule has 2 aliphatic heterocycles. The maximum Gasteiger partial charge on any atom is 0.231 e. The predicted molar refractivity (Wildman–Crippen MR) is 96.1 cm³/mol. The molecule has 1 atom stereocenters. The third kappa shape index (κ3) is 3.68. The van der Waals surface area contributed by atoms with Crippen LogP contribution in [0.2, 0.25) is 5.02 Å². The molecule has 0 radical (unpaired) electrons. The highest BCUT2D eigenvalue weighted by molar-refractivity contribution is 6.31. The van der Waals surface area contributed by atoms with Crippen molar-refractivity contribution in [1.82, 2.24) is 4.90 Å². The Morgan fingerprint density at radius 1 is 1.22 bits per heavy atom. The number of fused-ring (bicyclic) bond motifs is 1. The third-order valence-corrected chi connectivity index (χ3v) is 4.87. The molecule has 0 bridgehead atoms. The van der Waals surface area contributed by atoms with Crippen LogP contribution < -0.4 is 14.8 Å². The van der Waals surface area contributed by atoms with Gasteiger partial charge in [-0.05, 0) is 35.9 Å². The van der Waals surface area contributed by atoms with E-state index in [9.17, 15) is 14.0 Å². The number of hydrogen-bond donors (Lipinski definition) is 1. The van der Waals surface area contributed by atoms with Crippen molar-refractivity contribution in [3.05, 3.63) is 52.8 Å². The minimum absolute atomic E-state index is 0.0697. The molecule has 2 aromatic carbocycles. The molecule has 140 valence electrons. The molecule has 0 saturated carbocycles. The molecular formula is C19H16ClFN2O4. The van der Waals surface area contributed by atoms with Crippen molar-refractivity contribution >= 4 is 29.1 Å². The molecular weight excluding hydrogens is 375 g/mol. The standard InChI is InChI=1S/C19H16ClFN2O4/c20-14-7-13(2-3-15(14)21)22-19(25)12-6-18(24)23(9-12)8-11-1-4-16-17(5-11)27-10-26-16/h1-5,7,12H,6,8-10H2,(H,22,25). The fourth-order valence-corrected chi connectivity index (χ4v) is 3.36. The lowest BCUT2D eigenvalue weighted by Gasteiger charge is -2.17. The highest BCUT2D eigenvalue weighted by Gasteiger charge is 2.34. The number of anilines is 1. The van der Waals surface area contributed by atoms with Gasteiger partial charge in [0.2, 0.25) is 18.6 Å². The fourth-order valence-electron chi connectivity index (χ4n) is 3.18. The second kappa shape index (κ2) is 7.08. The molecule has 0 spiro atoms. The van der Waals surface area contributed by atoms with Crippen molar-refractivity contribution in [2.24, 2.45) is 5.92 Å². The van der Waals surface area contributed by atoms with Crippen molar-refractivity contribution in [3.63, 3.8) is 0 Å². The normalized spacial score (nSPS) is 18.1. The van der Waals surface area contributed by atoms with E-state index in [0.717, 1.165) is 5.56 Å². The number of ether oxygens (including phenoxy) is 2. The van der Waals surface area contributed by atoms with E-state index in [1.54, 1.807) is 11.0 Å². The Hall–Kier alpha value is -2.80. The number of nitrogens with zero attached hydrogens (tertiary/aromatic N) is 1. The van der Waals surface area contributed by atoms with Gasteiger partial charge in [-0.3, -0.25) is 9.59 Å². The monoisotopic (exact) mass is 390 g/mol. The second-order valence-electron chi connectivity index (χ2n) is 6.48. The van der Waals surface area contributed by atoms with Gasteiger partial charge >= 0.3 is 0 Å². The number of hydrogen-bond acceptors (Lipinski definition) is 4. The Morgan fingerprint density at radius 3 is 2.85 bits per heavy atom. The Bertz CT molecular complexity index is 921. The van der Waals surface area contributed by atoms with Crippen molar-refractivity contribution in [2.45, 2.75) is 13.0 Å². The Kier molecular flexibility index (Phi) is 4.61. The summed E-state index contributed by atoms with van der Waals surface area (Å²) in [7, 11) is 0. The fraction of sp³-hybridized carbons (Fsp3) is 0.263. The summed E-state index contributed by atoms with van der Waals surface area (Å²) < 4.78 is 23.8. The Morgan fingerprint density at radius 2 is 2.04 bits per heavy atom. The van der Waals surface area contributed by atoms with Gasteiger partial charge in [0.15, 0.2) is 11.5 Å². The van der Waals surface area contributed by atoms with Crippen LogP contribution in [0.15, 0.2) is 36.4 Å². The molecule has 1 unspecified atom stereocenters. The van der Waals surface area contributed by atoms with Crippen LogP contribution in [0.25, 0.3) is 0 Å². The number of carbonyl (C=O) groups is 2. The van der Waals surface area contributed by atoms with E-state index in [-0.39, 0.29) is 30.1 Å². The highest BCUT2D eigenvalue weighted by atomic mass is 35.5. The van der Waals surface area contributed by atoms with Gasteiger partial charge < -0.3 is 19.7 Å². The van der Waals surface area contributed by atoms with Crippen molar-refractivity contribution < 1.29 is 23.5 Å². The zero-order valence-electron chi connectivity index (χ0n) is 14.2. The molecule has 6 nitrogen and oxygen atoms in total. The maximum atomic E-state index is 13.2. The van der Waals surface area contributed by atoms with E-state index in [1.807, 2.05) is 12.1 Å². The SMILES string of the molecule is O=C(Nc1ccc(F)c(Cl)c1)C1CC(=O)N(Cc2ccc3c(c2)OCO3)C1. The van der Waals surface area contributed by atoms with Gasteiger partial charge in [0.25, 0.3) is 0 Å². The van der Waals surface area contributed by atoms with Crippen LogP contribution in [0.3, 0.4) is 0 Å². The lowest BCUT2D eigenvalue weighted by Crippen LogP contribution is -2.28. The quantitative estimate of drug-likeness (QED) is 0.870. The average Bonchev–Trinajstić information content (AvgIpc) is 3.25. The zero-order chi connectivity index (χ0) is 19.0. The summed E-state index contributed by atoms with van der Waals surface area (Å²) in [5.41, 5.74) is 1.30. The van der Waals surface area contributed by atoms with Crippen LogP contribution >= 0.6 is 11.6 Å². The van der Waals surface area contributed by atoms with Gasteiger partial charge in [-0.25, -0.2) is 4.39 Å². The van der Waals surface area contributed by atoms with Gasteiger partial charge in [-0.2, -0.15) is 0 Å². The van der Waals surface area contributed by atoms with Crippen LogP contribution in [0.1, 0.15) is 12.0 Å². The molecule has 8 heteroatoms. The molecule has 27 heavy (non-hydrogen) atoms. The number of rotatable bonds is 4. The first-order chi connectivity index (χ1) is 13.0. The van der Waals surface area contributed by atoms with E-state index in [1.165, 1.54) is 18.2 Å². The van der Waals surface area contributed by atoms with Gasteiger partial charge in [0.1, 0.15) is 5.82 Å². The van der Waals surface area contributed by atoms with E-state index >= 15 is 0 Å². The average molecular weight is 391 g/mol. The highest BCUT2D eigenvalue weighted by Crippen LogP contribution is 2.33. The molecule has 0 aliphatic carbocycles. The minimum atomic E-state index is -0.555. The van der Waals surface area contributed by atoms with Crippen LogP contribution in [-0.4, -0.2) is 30.1 Å². The Labute approximate surface area is 159 Å². The van der Waals surface area contributed by atoms with Crippen molar-refractivity contribution in [1.29, 1.82) is 0 Å². The van der Waals surface area contributed by atoms with Crippen molar-refractivity contribution in [3.8, 4) is 11.5 Å². The van der Waals surface area contributed by atoms with Crippen molar-refractivity contribution in [2.75, 3.05) is 18.7 Å². The van der Waals surface area contributed by atoms with E-state index in [0.29, 0.717) is 30.3 Å². The first-order valence-corrected chi connectivity index (χ1v) is 8.79. The molecule has 4 rings (SSSR count). The first-order valence-electron chi connectivity index (χ1n) is 8.42. The van der Waals surface area contributed by atoms with Gasteiger partial charge in [-0.1, -0.05) is 17.7 Å². The van der Waals surface area contributed by atoms with E-state index < -0.39 is 11.7 Å². The topological polar surface area (TPSA) is 67.9 Å². The first kappa shape index (κ1) is 17.6. The summed E-state index contributed by atoms with van der Waals surface area (Å²) in [6.07, 6.45) is 0.130. The summed E-state index contributed by atoms with van der Waals surface area (Å²) in [6.45, 7) is 0.896. The number of carbonyl (C=O) groups excluding carboxylic acids is 2. The second-order valence-corrected chi connectivity index (χ2v) is 6.89. The summed E-state index contributed by atoms with van der Waals surface area (Å²) in [6, 6.07) is 9.47. The Balaban J connectivity index is 1.39. The molecule has 1 fully saturated rings. The lowest BCUT2D eigenvalue weighted by atomic mass is 10.1. The van der Waals surface area contributed by atoms with Gasteiger partial charge in [-0.15, -0.1) is 0 Å². The molecule has 1 N–H and O–H groups in total. The van der Waals surface area contributed by atoms with E-state index in [4.69, 9.17) is 21.1 Å². The lowest BCUT2D eigenvalue weighted by molar-refractivity contribution is -0.128. The molecule has 2 aliphatic rings. The summed E-state index contributed by atoms with van der Waals surface area (Å²) in [5, 5.41) is 2.62. The molecule has 2 amide bonds. The number of amides is 2. The van der Waals surface area contributed by atoms with Crippen LogP contribution in [0.5, 0.6) is 11.5 Å². The van der Waals surface area contributed by atoms with Crippen LogP contribution in [0, 0.1) is 11.7 Å². The maximum absolute atomic E-state index is 13.2. The van der Waals surface area contributed by atoms with Gasteiger partial charge in [0, 0.05) is 25.2 Å². The smallest absolute Gasteiger partial charge is 0.231 e. The third-order valence-electron chi connectivity index (χ3n) is 4.58. The number of nitrogens with one attached hydrogen (secondary N) is 1. The van der Waals surface area contributed by atoms with Crippen LogP contribution in [-0.2, 0) is 16.1 Å². The number of benzene rings is 2. The summed E-state index contributed by atoms with van der Waals surface area (Å²) >= 11 is 5.73. The molecule has 2 heterocycles. The molecule has 1 saturated heterocycles. The molecule has 2 aromatic rings. The minimum Gasteiger partial charge on any atom is -0.454 e. The molecule has 0 aromatic heterocycles. The zero-order valence-corrected chi connectivity index (χ0v) is 15.0. The summed E-state index contributed by atoms with van der Waals surface area (Å²) in [4.78, 5) is 26.4. The largest absolute Gasteiger partial charge is 0.454 e. The summed E-state index contributed by atoms with van der Waals surface area (Å²) in [5.74, 6) is -0.0801.